The third-order valence-corrected chi connectivity index (χ3v) is 6.38. The molecule has 1 heterocycles. The maximum absolute atomic E-state index is 12.7. The molecule has 0 bridgehead atoms. The third-order valence-electron chi connectivity index (χ3n) is 6.38. The number of ether oxygens (including phenoxy) is 3. The van der Waals surface area contributed by atoms with Crippen LogP contribution in [0.25, 0.3) is 6.08 Å². The number of nitrogens with zero attached hydrogens (tertiary/aromatic N) is 1. The Morgan fingerprint density at radius 3 is 2.00 bits per heavy atom. The van der Waals surface area contributed by atoms with Gasteiger partial charge in [-0.2, -0.15) is 0 Å². The van der Waals surface area contributed by atoms with Gasteiger partial charge in [0, 0.05) is 17.2 Å². The number of rotatable bonds is 8. The van der Waals surface area contributed by atoms with Gasteiger partial charge in [0.2, 0.25) is 5.90 Å². The fourth-order valence-electron chi connectivity index (χ4n) is 4.12. The summed E-state index contributed by atoms with van der Waals surface area (Å²) in [6, 6.07) is 33.4. The molecule has 0 radical (unpaired) electrons. The fraction of sp³-hybridized carbons (Fsp3) is 0.176. The van der Waals surface area contributed by atoms with Crippen molar-refractivity contribution in [2.45, 2.75) is 39.4 Å². The Morgan fingerprint density at radius 1 is 0.769 bits per heavy atom. The monoisotopic (exact) mass is 517 g/mol. The van der Waals surface area contributed by atoms with Crippen molar-refractivity contribution in [2.75, 3.05) is 0 Å². The molecule has 0 saturated heterocycles. The smallest absolute Gasteiger partial charge is 0.363 e. The highest BCUT2D eigenvalue weighted by Gasteiger charge is 2.25. The van der Waals surface area contributed by atoms with Crippen LogP contribution in [0.5, 0.6) is 11.5 Å². The van der Waals surface area contributed by atoms with Crippen molar-refractivity contribution in [3.05, 3.63) is 137 Å². The van der Waals surface area contributed by atoms with E-state index in [4.69, 9.17) is 14.2 Å². The molecule has 5 rings (SSSR count). The zero-order chi connectivity index (χ0) is 27.2. The van der Waals surface area contributed by atoms with E-state index in [0.717, 1.165) is 16.7 Å². The van der Waals surface area contributed by atoms with E-state index in [2.05, 4.69) is 25.8 Å². The highest BCUT2D eigenvalue weighted by Crippen LogP contribution is 2.30. The van der Waals surface area contributed by atoms with Crippen LogP contribution < -0.4 is 9.47 Å². The van der Waals surface area contributed by atoms with E-state index in [1.165, 1.54) is 5.56 Å². The predicted molar refractivity (Wildman–Crippen MR) is 154 cm³/mol. The first-order chi connectivity index (χ1) is 18.8. The number of carbonyl (C=O) groups excluding carboxylic acids is 1. The predicted octanol–water partition coefficient (Wildman–Crippen LogP) is 7.49. The van der Waals surface area contributed by atoms with E-state index in [-0.39, 0.29) is 11.1 Å². The Balaban J connectivity index is 1.41. The lowest BCUT2D eigenvalue weighted by Gasteiger charge is -2.18. The number of hydrogen-bond donors (Lipinski definition) is 0. The molecular weight excluding hydrogens is 486 g/mol. The van der Waals surface area contributed by atoms with Gasteiger partial charge in [0.25, 0.3) is 0 Å². The molecule has 0 aromatic heterocycles. The molecule has 0 saturated carbocycles. The zero-order valence-electron chi connectivity index (χ0n) is 22.4. The number of benzene rings is 4. The van der Waals surface area contributed by atoms with Gasteiger partial charge in [-0.05, 0) is 52.4 Å². The lowest BCUT2D eigenvalue weighted by molar-refractivity contribution is -0.129. The van der Waals surface area contributed by atoms with Crippen molar-refractivity contribution in [2.24, 2.45) is 4.99 Å². The van der Waals surface area contributed by atoms with Crippen LogP contribution in [-0.4, -0.2) is 11.9 Å². The Bertz CT molecular complexity index is 1500. The van der Waals surface area contributed by atoms with Crippen molar-refractivity contribution < 1.29 is 19.0 Å². The topological polar surface area (TPSA) is 57.1 Å². The van der Waals surface area contributed by atoms with E-state index in [1.807, 2.05) is 103 Å². The molecule has 1 aliphatic rings. The molecule has 5 heteroatoms. The molecule has 0 spiro atoms. The molecule has 0 N–H and O–H groups in total. The summed E-state index contributed by atoms with van der Waals surface area (Å²) in [5.74, 6) is 1.05. The number of esters is 1. The minimum Gasteiger partial charge on any atom is -0.489 e. The van der Waals surface area contributed by atoms with Crippen LogP contribution >= 0.6 is 0 Å². The van der Waals surface area contributed by atoms with Crippen LogP contribution in [0.15, 0.2) is 114 Å². The minimum absolute atomic E-state index is 0.0326. The summed E-state index contributed by atoms with van der Waals surface area (Å²) in [5, 5.41) is 0. The maximum Gasteiger partial charge on any atom is 0.363 e. The van der Waals surface area contributed by atoms with Crippen LogP contribution in [0.3, 0.4) is 0 Å². The molecule has 0 fully saturated rings. The van der Waals surface area contributed by atoms with E-state index in [9.17, 15) is 4.79 Å². The summed E-state index contributed by atoms with van der Waals surface area (Å²) in [6.45, 7) is 7.29. The Kier molecular flexibility index (Phi) is 7.60. The molecule has 4 aromatic carbocycles. The first-order valence-corrected chi connectivity index (χ1v) is 13.0. The minimum atomic E-state index is -0.497. The number of carbonyl (C=O) groups is 1. The largest absolute Gasteiger partial charge is 0.489 e. The van der Waals surface area contributed by atoms with Gasteiger partial charge in [-0.15, -0.1) is 0 Å². The Labute approximate surface area is 229 Å². The van der Waals surface area contributed by atoms with Crippen molar-refractivity contribution in [3.8, 4) is 11.5 Å². The molecule has 4 aromatic rings. The normalized spacial score (nSPS) is 14.2. The molecule has 0 atom stereocenters. The van der Waals surface area contributed by atoms with Crippen molar-refractivity contribution >= 4 is 17.9 Å². The van der Waals surface area contributed by atoms with Crippen LogP contribution in [0.2, 0.25) is 0 Å². The van der Waals surface area contributed by atoms with Gasteiger partial charge in [-0.3, -0.25) is 0 Å². The van der Waals surface area contributed by atoms with Crippen molar-refractivity contribution in [1.82, 2.24) is 0 Å². The summed E-state index contributed by atoms with van der Waals surface area (Å²) in [7, 11) is 0. The first-order valence-electron chi connectivity index (χ1n) is 13.0. The highest BCUT2D eigenvalue weighted by atomic mass is 16.6. The molecular formula is C34H31NO4. The first kappa shape index (κ1) is 26.0. The molecule has 0 amide bonds. The van der Waals surface area contributed by atoms with Gasteiger partial charge < -0.3 is 14.2 Å². The third kappa shape index (κ3) is 6.63. The fourth-order valence-corrected chi connectivity index (χ4v) is 4.12. The van der Waals surface area contributed by atoms with E-state index >= 15 is 0 Å². The highest BCUT2D eigenvalue weighted by molar-refractivity contribution is 6.13. The van der Waals surface area contributed by atoms with Crippen LogP contribution in [0, 0.1) is 0 Å². The van der Waals surface area contributed by atoms with Crippen LogP contribution in [0.1, 0.15) is 48.6 Å². The van der Waals surface area contributed by atoms with Gasteiger partial charge in [0.1, 0.15) is 24.7 Å². The van der Waals surface area contributed by atoms with Crippen molar-refractivity contribution in [1.29, 1.82) is 0 Å². The second-order valence-electron chi connectivity index (χ2n) is 10.4. The van der Waals surface area contributed by atoms with Gasteiger partial charge in [0.05, 0.1) is 0 Å². The lowest BCUT2D eigenvalue weighted by atomic mass is 9.87. The summed E-state index contributed by atoms with van der Waals surface area (Å²) < 4.78 is 17.7. The van der Waals surface area contributed by atoms with E-state index in [0.29, 0.717) is 36.2 Å². The maximum atomic E-state index is 12.7. The van der Waals surface area contributed by atoms with Gasteiger partial charge in [-0.1, -0.05) is 93.6 Å². The van der Waals surface area contributed by atoms with E-state index in [1.54, 1.807) is 6.08 Å². The molecule has 196 valence electrons. The number of hydrogen-bond acceptors (Lipinski definition) is 5. The summed E-state index contributed by atoms with van der Waals surface area (Å²) in [5.41, 5.74) is 5.01. The zero-order valence-corrected chi connectivity index (χ0v) is 22.4. The molecule has 39 heavy (non-hydrogen) atoms. The average molecular weight is 518 g/mol. The van der Waals surface area contributed by atoms with Gasteiger partial charge in [0.15, 0.2) is 5.70 Å². The second-order valence-corrected chi connectivity index (χ2v) is 10.4. The molecule has 0 unspecified atom stereocenters. The van der Waals surface area contributed by atoms with Gasteiger partial charge >= 0.3 is 5.97 Å². The number of cyclic esters (lactones) is 1. The summed E-state index contributed by atoms with van der Waals surface area (Å²) in [4.78, 5) is 17.2. The molecule has 1 aliphatic heterocycles. The second kappa shape index (κ2) is 11.4. The van der Waals surface area contributed by atoms with E-state index < -0.39 is 5.97 Å². The summed E-state index contributed by atoms with van der Waals surface area (Å²) in [6.07, 6.45) is 1.69. The standard InChI is InChI=1S/C34H31NO4/c1-34(2,3)28-17-14-26(15-18-28)32-35-30(33(36)39-32)20-27-16-19-29(37-22-24-10-6-4-7-11-24)21-31(27)38-23-25-12-8-5-9-13-25/h4-21H,22-23H2,1-3H3. The van der Waals surface area contributed by atoms with Crippen molar-refractivity contribution in [3.63, 3.8) is 0 Å². The Morgan fingerprint density at radius 2 is 1.38 bits per heavy atom. The Hall–Kier alpha value is -4.64. The SMILES string of the molecule is CC(C)(C)c1ccc(C2=NC(=Cc3ccc(OCc4ccccc4)cc3OCc3ccccc3)C(=O)O2)cc1. The molecule has 5 nitrogen and oxygen atoms in total. The van der Waals surface area contributed by atoms with Crippen LogP contribution in [-0.2, 0) is 28.2 Å². The van der Waals surface area contributed by atoms with Gasteiger partial charge in [-0.25, -0.2) is 9.79 Å². The quantitative estimate of drug-likeness (QED) is 0.180. The molecule has 0 aliphatic carbocycles. The van der Waals surface area contributed by atoms with Crippen LogP contribution in [0.4, 0.5) is 0 Å². The summed E-state index contributed by atoms with van der Waals surface area (Å²) >= 11 is 0. The lowest BCUT2D eigenvalue weighted by Crippen LogP contribution is -2.11. The average Bonchev–Trinajstić information content (AvgIpc) is 3.32. The number of aliphatic imine (C=N–C) groups is 1.